The van der Waals surface area contributed by atoms with E-state index >= 15 is 0 Å². The summed E-state index contributed by atoms with van der Waals surface area (Å²) in [5.74, 6) is -26.2. The summed E-state index contributed by atoms with van der Waals surface area (Å²) in [5, 5.41) is 0.831. The van der Waals surface area contributed by atoms with Crippen molar-refractivity contribution in [2.24, 2.45) is 0 Å². The Balaban J connectivity index is 2.74. The second kappa shape index (κ2) is 8.40. The lowest BCUT2D eigenvalue weighted by Gasteiger charge is -2.55. The van der Waals surface area contributed by atoms with E-state index in [0.717, 1.165) is 24.6 Å². The molecule has 1 amide bonds. The van der Waals surface area contributed by atoms with Gasteiger partial charge in [0.1, 0.15) is 5.75 Å². The number of rotatable bonds is 5. The molecule has 212 valence electrons. The topological polar surface area (TPSA) is 50.8 Å². The number of alkyl halides is 16. The third-order valence-corrected chi connectivity index (χ3v) is 4.64. The van der Waals surface area contributed by atoms with Crippen LogP contribution in [0.1, 0.15) is 0 Å². The van der Waals surface area contributed by atoms with Gasteiger partial charge in [-0.3, -0.25) is 9.53 Å². The van der Waals surface area contributed by atoms with E-state index < -0.39 is 64.6 Å². The van der Waals surface area contributed by atoms with Crippen LogP contribution in [0.5, 0.6) is 5.75 Å². The summed E-state index contributed by atoms with van der Waals surface area (Å²) in [6.45, 7) is 0. The third-order valence-electron chi connectivity index (χ3n) is 4.64. The smallest absolute Gasteiger partial charge is 0.456 e. The van der Waals surface area contributed by atoms with Crippen molar-refractivity contribution in [3.05, 3.63) is 24.3 Å². The molecule has 1 aromatic rings. The minimum Gasteiger partial charge on any atom is -0.497 e. The van der Waals surface area contributed by atoms with Crippen molar-refractivity contribution < 1.29 is 84.5 Å². The van der Waals surface area contributed by atoms with E-state index in [1.54, 1.807) is 4.74 Å². The molecule has 0 aromatic heterocycles. The zero-order valence-corrected chi connectivity index (χ0v) is 17.0. The first-order valence-electron chi connectivity index (χ1n) is 8.74. The summed E-state index contributed by atoms with van der Waals surface area (Å²) < 4.78 is 226. The third kappa shape index (κ3) is 4.18. The van der Waals surface area contributed by atoms with Gasteiger partial charge in [-0.25, -0.2) is 0 Å². The van der Waals surface area contributed by atoms with Crippen LogP contribution in [0, 0.1) is 0 Å². The first-order valence-corrected chi connectivity index (χ1v) is 8.74. The molecule has 1 heterocycles. The number of benzene rings is 1. The van der Waals surface area contributed by atoms with Crippen molar-refractivity contribution in [2.75, 3.05) is 12.4 Å². The lowest BCUT2D eigenvalue weighted by molar-refractivity contribution is -0.601. The maximum Gasteiger partial charge on any atom is 0.456 e. The summed E-state index contributed by atoms with van der Waals surface area (Å²) in [6, 6.07) is -20.8. The normalized spacial score (nSPS) is 27.1. The summed E-state index contributed by atoms with van der Waals surface area (Å²) in [7, 11) is 1.06. The van der Waals surface area contributed by atoms with Crippen LogP contribution in [0.15, 0.2) is 24.3 Å². The Kier molecular flexibility index (Phi) is 6.93. The predicted octanol–water partition coefficient (Wildman–Crippen LogP) is 5.84. The molecular formula is C16H8F16N2O3. The molecule has 2 unspecified atom stereocenters. The molecular weight excluding hydrogens is 572 g/mol. The van der Waals surface area contributed by atoms with Crippen LogP contribution in [0.25, 0.3) is 0 Å². The van der Waals surface area contributed by atoms with Crippen LogP contribution in [0.3, 0.4) is 0 Å². The van der Waals surface area contributed by atoms with Crippen molar-refractivity contribution in [3.8, 4) is 5.75 Å². The molecule has 1 aliphatic rings. The quantitative estimate of drug-likeness (QED) is 0.352. The number of ether oxygens (including phenoxy) is 2. The molecule has 5 nitrogen and oxygen atoms in total. The number of amides is 1. The van der Waals surface area contributed by atoms with Gasteiger partial charge in [-0.1, -0.05) is 0 Å². The van der Waals surface area contributed by atoms with Crippen molar-refractivity contribution in [1.29, 1.82) is 0 Å². The number of nitrogens with one attached hydrogen (secondary N) is 1. The number of anilines is 1. The van der Waals surface area contributed by atoms with E-state index in [9.17, 15) is 75.0 Å². The highest BCUT2D eigenvalue weighted by Crippen LogP contribution is 2.66. The number of methoxy groups -OCH3 is 1. The van der Waals surface area contributed by atoms with Crippen molar-refractivity contribution in [3.63, 3.8) is 0 Å². The molecule has 2 atom stereocenters. The highest BCUT2D eigenvalue weighted by atomic mass is 19.4. The highest BCUT2D eigenvalue weighted by Gasteiger charge is 2.96. The molecule has 0 spiro atoms. The lowest BCUT2D eigenvalue weighted by Crippen LogP contribution is -2.86. The Bertz CT molecular complexity index is 986. The molecule has 0 bridgehead atoms. The first kappa shape index (κ1) is 30.5. The van der Waals surface area contributed by atoms with E-state index in [1.807, 2.05) is 0 Å². The Morgan fingerprint density at radius 3 is 1.49 bits per heavy atom. The SMILES string of the molecule is COc1ccc(NC(=O)C(F)(F)C(F)(F)N2C(F)(F)C(F)(C(F)(F)F)OC(F)(C(F)(F)F)C2(F)F)cc1. The number of halogens is 16. The van der Waals surface area contributed by atoms with Gasteiger partial charge in [0.05, 0.1) is 7.11 Å². The van der Waals surface area contributed by atoms with E-state index in [-0.39, 0.29) is 5.75 Å². The van der Waals surface area contributed by atoms with Gasteiger partial charge in [-0.15, -0.1) is 4.90 Å². The Morgan fingerprint density at radius 2 is 1.16 bits per heavy atom. The van der Waals surface area contributed by atoms with Crippen LogP contribution >= 0.6 is 0 Å². The van der Waals surface area contributed by atoms with Crippen molar-refractivity contribution in [1.82, 2.24) is 4.90 Å². The molecule has 21 heteroatoms. The number of hydrogen-bond donors (Lipinski definition) is 1. The minimum absolute atomic E-state index is 0.0689. The van der Waals surface area contributed by atoms with E-state index in [4.69, 9.17) is 0 Å². The maximum absolute atomic E-state index is 14.4. The van der Waals surface area contributed by atoms with E-state index in [2.05, 4.69) is 4.74 Å². The van der Waals surface area contributed by atoms with Gasteiger partial charge in [0.15, 0.2) is 0 Å². The average Bonchev–Trinajstić information content (AvgIpc) is 2.70. The van der Waals surface area contributed by atoms with Crippen LogP contribution in [-0.4, -0.2) is 66.0 Å². The van der Waals surface area contributed by atoms with Crippen molar-refractivity contribution >= 4 is 11.6 Å². The average molecular weight is 580 g/mol. The molecule has 1 saturated heterocycles. The number of carbonyl (C=O) groups is 1. The lowest BCUT2D eigenvalue weighted by atomic mass is 10.0. The van der Waals surface area contributed by atoms with Crippen LogP contribution < -0.4 is 10.1 Å². The molecule has 1 aliphatic heterocycles. The first-order chi connectivity index (χ1) is 16.3. The Hall–Kier alpha value is -2.71. The summed E-state index contributed by atoms with van der Waals surface area (Å²) in [4.78, 5) is 7.34. The Morgan fingerprint density at radius 1 is 0.784 bits per heavy atom. The monoisotopic (exact) mass is 580 g/mol. The number of carbonyl (C=O) groups excluding carboxylic acids is 1. The predicted molar refractivity (Wildman–Crippen MR) is 84.1 cm³/mol. The van der Waals surface area contributed by atoms with E-state index in [0.29, 0.717) is 12.1 Å². The highest BCUT2D eigenvalue weighted by molar-refractivity contribution is 5.96. The van der Waals surface area contributed by atoms with Crippen LogP contribution in [0.2, 0.25) is 0 Å². The molecule has 2 rings (SSSR count). The zero-order valence-electron chi connectivity index (χ0n) is 17.0. The summed E-state index contributed by atoms with van der Waals surface area (Å²) in [6.07, 6.45) is -15.5. The van der Waals surface area contributed by atoms with Gasteiger partial charge < -0.3 is 10.1 Å². The number of morpholine rings is 1. The molecule has 1 aromatic carbocycles. The van der Waals surface area contributed by atoms with Gasteiger partial charge >= 0.3 is 54.0 Å². The second-order valence-electron chi connectivity index (χ2n) is 7.00. The van der Waals surface area contributed by atoms with Crippen molar-refractivity contribution in [2.45, 2.75) is 48.1 Å². The van der Waals surface area contributed by atoms with Crippen LogP contribution in [-0.2, 0) is 9.53 Å². The maximum atomic E-state index is 14.4. The molecule has 37 heavy (non-hydrogen) atoms. The number of hydrogen-bond acceptors (Lipinski definition) is 4. The molecule has 1 N–H and O–H groups in total. The zero-order chi connectivity index (χ0) is 29.3. The summed E-state index contributed by atoms with van der Waals surface area (Å²) in [5.41, 5.74) is -0.938. The number of nitrogens with zero attached hydrogens (tertiary/aromatic N) is 1. The van der Waals surface area contributed by atoms with E-state index in [1.165, 1.54) is 0 Å². The summed E-state index contributed by atoms with van der Waals surface area (Å²) >= 11 is 0. The van der Waals surface area contributed by atoms with Gasteiger partial charge in [0.25, 0.3) is 0 Å². The van der Waals surface area contributed by atoms with Gasteiger partial charge in [-0.2, -0.15) is 70.2 Å². The molecule has 0 saturated carbocycles. The molecule has 0 radical (unpaired) electrons. The minimum atomic E-state index is -7.93. The van der Waals surface area contributed by atoms with Gasteiger partial charge in [-0.05, 0) is 24.3 Å². The molecule has 1 fully saturated rings. The fourth-order valence-corrected chi connectivity index (χ4v) is 2.75. The fraction of sp³-hybridized carbons (Fsp3) is 0.562. The standard InChI is InChI=1S/C16H8F16N2O3/c1-36-7-4-2-6(3-5-7)33-8(35)9(17,18)14(27,28)34-15(29,30)10(19,12(21,22)23)37-11(20,13(24,25)26)16(34,31)32/h2-5H,1H3,(H,33,35). The van der Waals surface area contributed by atoms with Crippen LogP contribution in [0.4, 0.5) is 75.9 Å². The second-order valence-corrected chi connectivity index (χ2v) is 7.00. The van der Waals surface area contributed by atoms with Gasteiger partial charge in [0.2, 0.25) is 0 Å². The fourth-order valence-electron chi connectivity index (χ4n) is 2.75. The van der Waals surface area contributed by atoms with Gasteiger partial charge in [0, 0.05) is 5.69 Å². The Labute approximate surface area is 192 Å². The largest absolute Gasteiger partial charge is 0.497 e. The molecule has 0 aliphatic carbocycles.